The van der Waals surface area contributed by atoms with Crippen LogP contribution in [0.3, 0.4) is 0 Å². The van der Waals surface area contributed by atoms with Crippen molar-refractivity contribution in [3.05, 3.63) is 54.5 Å². The highest BCUT2D eigenvalue weighted by molar-refractivity contribution is 5.41. The van der Waals surface area contributed by atoms with Crippen molar-refractivity contribution in [2.45, 2.75) is 6.61 Å². The number of nitrogens with zero attached hydrogens (tertiary/aromatic N) is 3. The molecule has 0 amide bonds. The second-order valence-corrected chi connectivity index (χ2v) is 3.90. The van der Waals surface area contributed by atoms with Gasteiger partial charge in [0.1, 0.15) is 12.4 Å². The Bertz CT molecular complexity index is 660. The fourth-order valence-corrected chi connectivity index (χ4v) is 1.70. The second-order valence-electron chi connectivity index (χ2n) is 3.90. The van der Waals surface area contributed by atoms with Gasteiger partial charge in [-0.25, -0.2) is 0 Å². The maximum atomic E-state index is 5.63. The summed E-state index contributed by atoms with van der Waals surface area (Å²) in [6, 6.07) is 13.0. The number of nitrogens with two attached hydrogens (primary N) is 1. The predicted octanol–water partition coefficient (Wildman–Crippen LogP) is 1.89. The summed E-state index contributed by atoms with van der Waals surface area (Å²) in [4.78, 5) is 0. The van der Waals surface area contributed by atoms with Crippen LogP contribution in [-0.2, 0) is 6.61 Å². The molecule has 1 aromatic carbocycles. The molecular formula is C13H12N4O. The molecule has 0 spiro atoms. The zero-order valence-electron chi connectivity index (χ0n) is 9.65. The van der Waals surface area contributed by atoms with Gasteiger partial charge in [0.05, 0.1) is 0 Å². The van der Waals surface area contributed by atoms with Gasteiger partial charge >= 0.3 is 0 Å². The van der Waals surface area contributed by atoms with Crippen molar-refractivity contribution in [1.82, 2.24) is 14.6 Å². The summed E-state index contributed by atoms with van der Waals surface area (Å²) >= 11 is 0. The van der Waals surface area contributed by atoms with Gasteiger partial charge in [-0.2, -0.15) is 0 Å². The quantitative estimate of drug-likeness (QED) is 0.710. The molecule has 0 fully saturated rings. The van der Waals surface area contributed by atoms with Crippen LogP contribution in [0.4, 0.5) is 5.69 Å². The van der Waals surface area contributed by atoms with Crippen LogP contribution in [0, 0.1) is 0 Å². The van der Waals surface area contributed by atoms with Crippen molar-refractivity contribution in [1.29, 1.82) is 0 Å². The molecule has 0 saturated carbocycles. The predicted molar refractivity (Wildman–Crippen MR) is 68.2 cm³/mol. The van der Waals surface area contributed by atoms with Gasteiger partial charge in [-0.3, -0.25) is 4.40 Å². The molecule has 0 unspecified atom stereocenters. The minimum absolute atomic E-state index is 0.370. The molecule has 3 rings (SSSR count). The van der Waals surface area contributed by atoms with E-state index in [4.69, 9.17) is 10.5 Å². The highest BCUT2D eigenvalue weighted by Crippen LogP contribution is 2.14. The zero-order chi connectivity index (χ0) is 12.4. The number of rotatable bonds is 3. The smallest absolute Gasteiger partial charge is 0.175 e. The number of ether oxygens (including phenoxy) is 1. The molecule has 2 heterocycles. The van der Waals surface area contributed by atoms with Crippen LogP contribution in [0.25, 0.3) is 5.65 Å². The Balaban J connectivity index is 1.79. The largest absolute Gasteiger partial charge is 0.486 e. The summed E-state index contributed by atoms with van der Waals surface area (Å²) in [7, 11) is 0. The first kappa shape index (κ1) is 10.6. The lowest BCUT2D eigenvalue weighted by molar-refractivity contribution is 0.294. The molecule has 5 heteroatoms. The summed E-state index contributed by atoms with van der Waals surface area (Å²) < 4.78 is 7.53. The molecule has 0 bridgehead atoms. The number of aromatic nitrogens is 3. The number of benzene rings is 1. The Morgan fingerprint density at radius 1 is 1.06 bits per heavy atom. The number of pyridine rings is 1. The monoisotopic (exact) mass is 240 g/mol. The van der Waals surface area contributed by atoms with Crippen LogP contribution in [0.1, 0.15) is 5.82 Å². The maximum absolute atomic E-state index is 5.63. The lowest BCUT2D eigenvalue weighted by atomic mass is 10.3. The molecule has 90 valence electrons. The van der Waals surface area contributed by atoms with Crippen LogP contribution in [-0.4, -0.2) is 14.6 Å². The molecule has 0 atom stereocenters. The van der Waals surface area contributed by atoms with Gasteiger partial charge < -0.3 is 10.5 Å². The van der Waals surface area contributed by atoms with E-state index in [0.717, 1.165) is 22.9 Å². The standard InChI is InChI=1S/C13H12N4O/c14-10-4-6-11(7-5-10)18-9-13-16-15-12-3-1-2-8-17(12)13/h1-8H,9,14H2. The summed E-state index contributed by atoms with van der Waals surface area (Å²) in [5.41, 5.74) is 7.14. The van der Waals surface area contributed by atoms with Crippen LogP contribution < -0.4 is 10.5 Å². The number of anilines is 1. The number of nitrogen functional groups attached to an aromatic ring is 1. The summed E-state index contributed by atoms with van der Waals surface area (Å²) in [5, 5.41) is 8.15. The Hall–Kier alpha value is -2.56. The van der Waals surface area contributed by atoms with Gasteiger partial charge in [0.25, 0.3) is 0 Å². The topological polar surface area (TPSA) is 65.4 Å². The Kier molecular flexibility index (Phi) is 2.57. The normalized spacial score (nSPS) is 10.7. The van der Waals surface area contributed by atoms with Crippen LogP contribution in [0.15, 0.2) is 48.7 Å². The van der Waals surface area contributed by atoms with E-state index in [1.807, 2.05) is 40.9 Å². The third-order valence-electron chi connectivity index (χ3n) is 2.63. The van der Waals surface area contributed by atoms with E-state index in [-0.39, 0.29) is 0 Å². The maximum Gasteiger partial charge on any atom is 0.175 e. The first-order valence-corrected chi connectivity index (χ1v) is 5.60. The number of fused-ring (bicyclic) bond motifs is 1. The van der Waals surface area contributed by atoms with E-state index >= 15 is 0 Å². The van der Waals surface area contributed by atoms with E-state index in [1.54, 1.807) is 12.1 Å². The van der Waals surface area contributed by atoms with Gasteiger partial charge in [-0.05, 0) is 36.4 Å². The second kappa shape index (κ2) is 4.37. The Labute approximate surface area is 104 Å². The molecule has 0 radical (unpaired) electrons. The van der Waals surface area contributed by atoms with Crippen molar-refractivity contribution in [3.8, 4) is 5.75 Å². The highest BCUT2D eigenvalue weighted by Gasteiger charge is 2.04. The molecular weight excluding hydrogens is 228 g/mol. The molecule has 2 N–H and O–H groups in total. The zero-order valence-corrected chi connectivity index (χ0v) is 9.65. The van der Waals surface area contributed by atoms with Crippen molar-refractivity contribution in [2.24, 2.45) is 0 Å². The van der Waals surface area contributed by atoms with Gasteiger partial charge in [0.2, 0.25) is 0 Å². The minimum atomic E-state index is 0.370. The fourth-order valence-electron chi connectivity index (χ4n) is 1.70. The van der Waals surface area contributed by atoms with Gasteiger partial charge in [0, 0.05) is 11.9 Å². The minimum Gasteiger partial charge on any atom is -0.486 e. The van der Waals surface area contributed by atoms with E-state index < -0.39 is 0 Å². The molecule has 18 heavy (non-hydrogen) atoms. The van der Waals surface area contributed by atoms with Crippen molar-refractivity contribution < 1.29 is 4.74 Å². The number of hydrogen-bond acceptors (Lipinski definition) is 4. The number of hydrogen-bond donors (Lipinski definition) is 1. The Morgan fingerprint density at radius 3 is 2.72 bits per heavy atom. The molecule has 5 nitrogen and oxygen atoms in total. The lowest BCUT2D eigenvalue weighted by Crippen LogP contribution is -2.01. The average molecular weight is 240 g/mol. The van der Waals surface area contributed by atoms with E-state index in [2.05, 4.69) is 10.2 Å². The molecule has 0 saturated heterocycles. The van der Waals surface area contributed by atoms with E-state index in [0.29, 0.717) is 6.61 Å². The van der Waals surface area contributed by atoms with Gasteiger partial charge in [-0.1, -0.05) is 6.07 Å². The molecule has 0 aliphatic carbocycles. The van der Waals surface area contributed by atoms with Crippen molar-refractivity contribution >= 4 is 11.3 Å². The van der Waals surface area contributed by atoms with Crippen LogP contribution >= 0.6 is 0 Å². The molecule has 3 aromatic rings. The molecule has 0 aliphatic heterocycles. The van der Waals surface area contributed by atoms with Gasteiger partial charge in [0.15, 0.2) is 11.5 Å². The summed E-state index contributed by atoms with van der Waals surface area (Å²) in [6.45, 7) is 0.370. The average Bonchev–Trinajstić information content (AvgIpc) is 2.82. The van der Waals surface area contributed by atoms with Crippen LogP contribution in [0.5, 0.6) is 5.75 Å². The van der Waals surface area contributed by atoms with E-state index in [1.165, 1.54) is 0 Å². The first-order chi connectivity index (χ1) is 8.83. The van der Waals surface area contributed by atoms with Crippen molar-refractivity contribution in [3.63, 3.8) is 0 Å². The lowest BCUT2D eigenvalue weighted by Gasteiger charge is -2.04. The SMILES string of the molecule is Nc1ccc(OCc2nnc3ccccn23)cc1. The van der Waals surface area contributed by atoms with E-state index in [9.17, 15) is 0 Å². The third kappa shape index (κ3) is 1.98. The molecule has 0 aliphatic rings. The van der Waals surface area contributed by atoms with Gasteiger partial charge in [-0.15, -0.1) is 10.2 Å². The van der Waals surface area contributed by atoms with Crippen LogP contribution in [0.2, 0.25) is 0 Å². The molecule has 2 aromatic heterocycles. The highest BCUT2D eigenvalue weighted by atomic mass is 16.5. The third-order valence-corrected chi connectivity index (χ3v) is 2.63. The summed E-state index contributed by atoms with van der Waals surface area (Å²) in [5.74, 6) is 1.53. The Morgan fingerprint density at radius 2 is 1.89 bits per heavy atom. The summed E-state index contributed by atoms with van der Waals surface area (Å²) in [6.07, 6.45) is 1.91. The fraction of sp³-hybridized carbons (Fsp3) is 0.0769. The first-order valence-electron chi connectivity index (χ1n) is 5.60. The van der Waals surface area contributed by atoms with Crippen molar-refractivity contribution in [2.75, 3.05) is 5.73 Å².